The lowest BCUT2D eigenvalue weighted by Gasteiger charge is -2.23. The van der Waals surface area contributed by atoms with Crippen LogP contribution in [0.4, 0.5) is 0 Å². The van der Waals surface area contributed by atoms with Crippen LogP contribution in [0.5, 0.6) is 0 Å². The third-order valence-corrected chi connectivity index (χ3v) is 7.65. The molecule has 2 heterocycles. The number of rotatable bonds is 7. The molecule has 2 aromatic rings. The predicted octanol–water partition coefficient (Wildman–Crippen LogP) is 8.04. The molecule has 0 aliphatic carbocycles. The van der Waals surface area contributed by atoms with Crippen LogP contribution in [0.25, 0.3) is 5.57 Å². The minimum absolute atomic E-state index is 0.0613. The number of thiophene rings is 1. The maximum atomic E-state index is 13.4. The first kappa shape index (κ1) is 22.6. The van der Waals surface area contributed by atoms with Gasteiger partial charge < -0.3 is 4.74 Å². The van der Waals surface area contributed by atoms with Crippen LogP contribution in [0, 0.1) is 5.92 Å². The van der Waals surface area contributed by atoms with Crippen molar-refractivity contribution < 1.29 is 9.53 Å². The molecule has 0 N–H and O–H groups in total. The van der Waals surface area contributed by atoms with Crippen LogP contribution in [0.15, 0.2) is 35.2 Å². The molecule has 1 aliphatic rings. The van der Waals surface area contributed by atoms with Crippen molar-refractivity contribution in [3.8, 4) is 0 Å². The van der Waals surface area contributed by atoms with Crippen molar-refractivity contribution in [2.75, 3.05) is 13.2 Å². The van der Waals surface area contributed by atoms with Crippen molar-refractivity contribution in [2.24, 2.45) is 5.92 Å². The van der Waals surface area contributed by atoms with Gasteiger partial charge in [0, 0.05) is 29.2 Å². The molecule has 29 heavy (non-hydrogen) atoms. The first-order valence-corrected chi connectivity index (χ1v) is 11.8. The van der Waals surface area contributed by atoms with Gasteiger partial charge >= 0.3 is 0 Å². The van der Waals surface area contributed by atoms with E-state index in [0.717, 1.165) is 55.1 Å². The van der Waals surface area contributed by atoms with Crippen molar-refractivity contribution in [3.63, 3.8) is 0 Å². The van der Waals surface area contributed by atoms with Crippen molar-refractivity contribution in [1.82, 2.24) is 0 Å². The normalized spacial score (nSPS) is 15.9. The Morgan fingerprint density at radius 2 is 1.90 bits per heavy atom. The molecule has 1 aromatic heterocycles. The Bertz CT molecular complexity index is 890. The number of hydrogen-bond donors (Lipinski definition) is 0. The number of benzene rings is 1. The van der Waals surface area contributed by atoms with Gasteiger partial charge in [-0.25, -0.2) is 0 Å². The highest BCUT2D eigenvalue weighted by Gasteiger charge is 2.25. The highest BCUT2D eigenvalue weighted by Crippen LogP contribution is 2.38. The van der Waals surface area contributed by atoms with Gasteiger partial charge in [-0.3, -0.25) is 4.79 Å². The van der Waals surface area contributed by atoms with Crippen molar-refractivity contribution in [3.05, 3.63) is 61.3 Å². The van der Waals surface area contributed by atoms with E-state index in [1.807, 2.05) is 13.8 Å². The molecule has 0 saturated carbocycles. The van der Waals surface area contributed by atoms with Crippen LogP contribution in [0.1, 0.15) is 73.2 Å². The molecule has 1 aromatic carbocycles. The van der Waals surface area contributed by atoms with Gasteiger partial charge in [0.05, 0.1) is 10.0 Å². The van der Waals surface area contributed by atoms with E-state index in [-0.39, 0.29) is 5.78 Å². The number of allylic oxidation sites excluding steroid dienone is 2. The Balaban J connectivity index is 1.84. The predicted molar refractivity (Wildman–Crippen MR) is 125 cm³/mol. The number of carbonyl (C=O) groups excluding carboxylic acids is 1. The fourth-order valence-electron chi connectivity index (χ4n) is 3.99. The highest BCUT2D eigenvalue weighted by molar-refractivity contribution is 7.10. The first-order valence-electron chi connectivity index (χ1n) is 10.2. The Morgan fingerprint density at radius 3 is 2.59 bits per heavy atom. The Hall–Kier alpha value is -1.13. The molecule has 5 heteroatoms. The fraction of sp³-hybridized carbons (Fsp3) is 0.458. The maximum absolute atomic E-state index is 13.4. The number of ether oxygens (including phenoxy) is 1. The van der Waals surface area contributed by atoms with E-state index in [9.17, 15) is 4.79 Å². The molecule has 156 valence electrons. The standard InChI is InChI=1S/C24H28Cl2O2S/c1-15(2)21(23(27)19-5-4-6-20(25)22(19)26)18-11-14-29-24(18)16(3)7-8-17-9-12-28-13-10-17/h4-6,11,14,16-17H,7-10,12-13H2,1-3H3. The third-order valence-electron chi connectivity index (χ3n) is 5.68. The second-order valence-corrected chi connectivity index (χ2v) is 9.77. The van der Waals surface area contributed by atoms with E-state index in [2.05, 4.69) is 18.4 Å². The van der Waals surface area contributed by atoms with Crippen LogP contribution in [-0.2, 0) is 4.74 Å². The number of hydrogen-bond acceptors (Lipinski definition) is 3. The van der Waals surface area contributed by atoms with Gasteiger partial charge in [0.25, 0.3) is 0 Å². The Morgan fingerprint density at radius 1 is 1.17 bits per heavy atom. The van der Waals surface area contributed by atoms with Gasteiger partial charge in [-0.1, -0.05) is 41.8 Å². The Kier molecular flexibility index (Phi) is 7.98. The molecule has 0 spiro atoms. The summed E-state index contributed by atoms with van der Waals surface area (Å²) >= 11 is 14.2. The summed E-state index contributed by atoms with van der Waals surface area (Å²) in [4.78, 5) is 14.7. The van der Waals surface area contributed by atoms with Gasteiger partial charge in [-0.05, 0) is 80.5 Å². The van der Waals surface area contributed by atoms with E-state index in [1.165, 1.54) is 11.3 Å². The van der Waals surface area contributed by atoms with Crippen molar-refractivity contribution in [1.29, 1.82) is 0 Å². The Labute approximate surface area is 187 Å². The van der Waals surface area contributed by atoms with E-state index in [0.29, 0.717) is 21.5 Å². The van der Waals surface area contributed by atoms with Crippen LogP contribution < -0.4 is 0 Å². The zero-order valence-electron chi connectivity index (χ0n) is 17.3. The summed E-state index contributed by atoms with van der Waals surface area (Å²) in [6.07, 6.45) is 4.66. The second kappa shape index (κ2) is 10.3. The minimum Gasteiger partial charge on any atom is -0.381 e. The van der Waals surface area contributed by atoms with Crippen LogP contribution in [-0.4, -0.2) is 19.0 Å². The largest absolute Gasteiger partial charge is 0.381 e. The summed E-state index contributed by atoms with van der Waals surface area (Å²) in [7, 11) is 0. The van der Waals surface area contributed by atoms with Gasteiger partial charge in [0.1, 0.15) is 0 Å². The lowest BCUT2D eigenvalue weighted by molar-refractivity contribution is 0.0628. The molecule has 1 fully saturated rings. The van der Waals surface area contributed by atoms with E-state index in [4.69, 9.17) is 27.9 Å². The molecular weight excluding hydrogens is 423 g/mol. The van der Waals surface area contributed by atoms with Crippen molar-refractivity contribution in [2.45, 2.75) is 52.4 Å². The molecule has 2 nitrogen and oxygen atoms in total. The van der Waals surface area contributed by atoms with Gasteiger partial charge in [-0.15, -0.1) is 11.3 Å². The average molecular weight is 451 g/mol. The molecule has 0 amide bonds. The lowest BCUT2D eigenvalue weighted by atomic mass is 9.87. The topological polar surface area (TPSA) is 26.3 Å². The summed E-state index contributed by atoms with van der Waals surface area (Å²) < 4.78 is 5.48. The molecule has 3 rings (SSSR count). The fourth-order valence-corrected chi connectivity index (χ4v) is 5.38. The zero-order chi connectivity index (χ0) is 21.0. The van der Waals surface area contributed by atoms with E-state index < -0.39 is 0 Å². The minimum atomic E-state index is -0.0613. The van der Waals surface area contributed by atoms with Gasteiger partial charge in [-0.2, -0.15) is 0 Å². The molecular formula is C24H28Cl2O2S. The average Bonchev–Trinajstić information content (AvgIpc) is 3.18. The van der Waals surface area contributed by atoms with Gasteiger partial charge in [0.2, 0.25) is 0 Å². The molecule has 1 unspecified atom stereocenters. The van der Waals surface area contributed by atoms with E-state index in [1.54, 1.807) is 29.5 Å². The summed E-state index contributed by atoms with van der Waals surface area (Å²) in [6.45, 7) is 8.02. The molecule has 0 bridgehead atoms. The smallest absolute Gasteiger partial charge is 0.195 e. The molecule has 1 aliphatic heterocycles. The monoisotopic (exact) mass is 450 g/mol. The number of halogens is 2. The van der Waals surface area contributed by atoms with Crippen LogP contribution >= 0.6 is 34.5 Å². The van der Waals surface area contributed by atoms with Crippen LogP contribution in [0.3, 0.4) is 0 Å². The first-order chi connectivity index (χ1) is 13.9. The number of Topliss-reactive ketones (excluding diaryl/α,β-unsaturated/α-hetero) is 1. The SMILES string of the molecule is CC(C)=C(C(=O)c1cccc(Cl)c1Cl)c1ccsc1C(C)CCC1CCOCC1. The summed E-state index contributed by atoms with van der Waals surface area (Å²) in [5.74, 6) is 1.10. The maximum Gasteiger partial charge on any atom is 0.195 e. The third kappa shape index (κ3) is 5.32. The second-order valence-electron chi connectivity index (χ2n) is 8.04. The number of carbonyl (C=O) groups is 1. The molecule has 0 radical (unpaired) electrons. The van der Waals surface area contributed by atoms with Crippen LogP contribution in [0.2, 0.25) is 10.0 Å². The summed E-state index contributed by atoms with van der Waals surface area (Å²) in [6, 6.07) is 7.30. The van der Waals surface area contributed by atoms with Gasteiger partial charge in [0.15, 0.2) is 5.78 Å². The highest BCUT2D eigenvalue weighted by atomic mass is 35.5. The zero-order valence-corrected chi connectivity index (χ0v) is 19.6. The number of ketones is 1. The lowest BCUT2D eigenvalue weighted by Crippen LogP contribution is -2.16. The molecule has 1 atom stereocenters. The quantitative estimate of drug-likeness (QED) is 0.315. The summed E-state index contributed by atoms with van der Waals surface area (Å²) in [5, 5.41) is 2.81. The van der Waals surface area contributed by atoms with E-state index >= 15 is 0 Å². The molecule has 1 saturated heterocycles. The summed E-state index contributed by atoms with van der Waals surface area (Å²) in [5.41, 5.74) is 3.23. The van der Waals surface area contributed by atoms with Crippen molar-refractivity contribution >= 4 is 45.9 Å².